The van der Waals surface area contributed by atoms with Crippen molar-refractivity contribution in [1.29, 1.82) is 0 Å². The zero-order valence-corrected chi connectivity index (χ0v) is 45.7. The van der Waals surface area contributed by atoms with Crippen molar-refractivity contribution in [2.24, 2.45) is 0 Å². The number of unbranched alkanes of at least 4 members (excludes halogenated alkanes) is 56. The maximum absolute atomic E-state index is 12.1. The molecule has 0 heterocycles. The Morgan fingerprint density at radius 1 is 0.200 bits per heavy atom. The summed E-state index contributed by atoms with van der Waals surface area (Å²) < 4.78 is 5.53. The molecule has 390 valence electrons. The van der Waals surface area contributed by atoms with E-state index in [4.69, 9.17) is 4.74 Å². The van der Waals surface area contributed by atoms with Gasteiger partial charge in [-0.05, 0) is 12.8 Å². The summed E-state index contributed by atoms with van der Waals surface area (Å²) >= 11 is 0. The highest BCUT2D eigenvalue weighted by Crippen LogP contribution is 2.19. The van der Waals surface area contributed by atoms with E-state index in [9.17, 15) is 4.79 Å². The second-order valence-electron chi connectivity index (χ2n) is 21.8. The van der Waals surface area contributed by atoms with Crippen LogP contribution < -0.4 is 0 Å². The highest BCUT2D eigenvalue weighted by molar-refractivity contribution is 5.69. The average molecular weight is 916 g/mol. The van der Waals surface area contributed by atoms with Crippen LogP contribution in [0, 0.1) is 0 Å². The molecule has 0 fully saturated rings. The van der Waals surface area contributed by atoms with Crippen LogP contribution >= 0.6 is 0 Å². The van der Waals surface area contributed by atoms with E-state index >= 15 is 0 Å². The van der Waals surface area contributed by atoms with Crippen molar-refractivity contribution in [1.82, 2.24) is 0 Å². The standard InChI is InChI=1S/C63H126O2/c1-3-5-7-9-11-13-15-17-19-21-23-25-27-29-31-33-34-36-38-40-42-44-46-48-50-52-54-56-58-60-62-65-63(64)61-59-57-55-53-51-49-47-45-43-41-39-37-35-32-30-28-26-24-22-20-18-16-14-12-10-8-6-4-2/h3-62H2,1-2H3. The lowest BCUT2D eigenvalue weighted by atomic mass is 10.0. The van der Waals surface area contributed by atoms with Crippen LogP contribution in [0.15, 0.2) is 0 Å². The monoisotopic (exact) mass is 915 g/mol. The summed E-state index contributed by atoms with van der Waals surface area (Å²) in [5, 5.41) is 0. The van der Waals surface area contributed by atoms with Crippen LogP contribution in [-0.2, 0) is 9.53 Å². The minimum absolute atomic E-state index is 0.0372. The summed E-state index contributed by atoms with van der Waals surface area (Å²) in [6, 6.07) is 0. The first-order chi connectivity index (χ1) is 32.3. The molecule has 0 rings (SSSR count). The zero-order valence-electron chi connectivity index (χ0n) is 45.7. The minimum Gasteiger partial charge on any atom is -0.466 e. The maximum atomic E-state index is 12.1. The zero-order chi connectivity index (χ0) is 46.7. The smallest absolute Gasteiger partial charge is 0.305 e. The molecular formula is C63H126O2. The summed E-state index contributed by atoms with van der Waals surface area (Å²) in [5.74, 6) is 0.0372. The van der Waals surface area contributed by atoms with Crippen molar-refractivity contribution < 1.29 is 9.53 Å². The molecule has 0 amide bonds. The molecule has 2 nitrogen and oxygen atoms in total. The Balaban J connectivity index is 3.14. The van der Waals surface area contributed by atoms with Crippen molar-refractivity contribution in [2.75, 3.05) is 6.61 Å². The first-order valence-corrected chi connectivity index (χ1v) is 31.5. The molecule has 0 aromatic carbocycles. The molecule has 0 aliphatic rings. The lowest BCUT2D eigenvalue weighted by molar-refractivity contribution is -0.143. The van der Waals surface area contributed by atoms with E-state index < -0.39 is 0 Å². The molecule has 0 atom stereocenters. The van der Waals surface area contributed by atoms with Crippen molar-refractivity contribution in [3.8, 4) is 0 Å². The number of esters is 1. The van der Waals surface area contributed by atoms with Crippen LogP contribution in [0.3, 0.4) is 0 Å². The van der Waals surface area contributed by atoms with Crippen LogP contribution in [0.5, 0.6) is 0 Å². The summed E-state index contributed by atoms with van der Waals surface area (Å²) in [7, 11) is 0. The van der Waals surface area contributed by atoms with Crippen LogP contribution in [-0.4, -0.2) is 12.6 Å². The molecule has 0 bridgehead atoms. The van der Waals surface area contributed by atoms with E-state index in [0.717, 1.165) is 12.8 Å². The largest absolute Gasteiger partial charge is 0.466 e. The Kier molecular flexibility index (Phi) is 61.0. The van der Waals surface area contributed by atoms with Crippen LogP contribution in [0.4, 0.5) is 0 Å². The molecule has 0 saturated heterocycles. The van der Waals surface area contributed by atoms with E-state index in [1.54, 1.807) is 0 Å². The van der Waals surface area contributed by atoms with Crippen molar-refractivity contribution in [2.45, 2.75) is 393 Å². The quantitative estimate of drug-likeness (QED) is 0.0449. The molecule has 0 aromatic heterocycles. The lowest BCUT2D eigenvalue weighted by Crippen LogP contribution is -2.05. The number of ether oxygens (including phenoxy) is 1. The molecule has 2 heteroatoms. The average Bonchev–Trinajstić information content (AvgIpc) is 3.31. The Morgan fingerprint density at radius 3 is 0.508 bits per heavy atom. The fourth-order valence-electron chi connectivity index (χ4n) is 10.3. The Labute approximate surface area is 413 Å². The van der Waals surface area contributed by atoms with Gasteiger partial charge >= 0.3 is 5.97 Å². The van der Waals surface area contributed by atoms with Crippen molar-refractivity contribution in [3.05, 3.63) is 0 Å². The number of carbonyl (C=O) groups is 1. The molecule has 0 spiro atoms. The predicted molar refractivity (Wildman–Crippen MR) is 295 cm³/mol. The fourth-order valence-corrected chi connectivity index (χ4v) is 10.3. The van der Waals surface area contributed by atoms with Gasteiger partial charge in [-0.2, -0.15) is 0 Å². The third kappa shape index (κ3) is 61.5. The molecule has 0 aromatic rings. The van der Waals surface area contributed by atoms with E-state index in [-0.39, 0.29) is 5.97 Å². The van der Waals surface area contributed by atoms with Gasteiger partial charge < -0.3 is 4.74 Å². The molecule has 0 aliphatic carbocycles. The second-order valence-corrected chi connectivity index (χ2v) is 21.8. The lowest BCUT2D eigenvalue weighted by Gasteiger charge is -2.06. The van der Waals surface area contributed by atoms with E-state index in [1.165, 1.54) is 360 Å². The third-order valence-electron chi connectivity index (χ3n) is 15.0. The van der Waals surface area contributed by atoms with E-state index in [0.29, 0.717) is 13.0 Å². The summed E-state index contributed by atoms with van der Waals surface area (Å²) in [6.07, 6.45) is 83.2. The first-order valence-electron chi connectivity index (χ1n) is 31.5. The summed E-state index contributed by atoms with van der Waals surface area (Å²) in [5.41, 5.74) is 0. The van der Waals surface area contributed by atoms with Gasteiger partial charge in [0, 0.05) is 6.42 Å². The molecule has 0 radical (unpaired) electrons. The number of carbonyl (C=O) groups excluding carboxylic acids is 1. The first kappa shape index (κ1) is 64.5. The topological polar surface area (TPSA) is 26.3 Å². The van der Waals surface area contributed by atoms with Gasteiger partial charge in [-0.15, -0.1) is 0 Å². The normalized spacial score (nSPS) is 11.6. The van der Waals surface area contributed by atoms with Crippen LogP contribution in [0.1, 0.15) is 393 Å². The van der Waals surface area contributed by atoms with Crippen LogP contribution in [0.25, 0.3) is 0 Å². The van der Waals surface area contributed by atoms with Gasteiger partial charge in [0.05, 0.1) is 6.61 Å². The third-order valence-corrected chi connectivity index (χ3v) is 15.0. The molecule has 0 N–H and O–H groups in total. The number of rotatable bonds is 60. The van der Waals surface area contributed by atoms with Gasteiger partial charge in [0.15, 0.2) is 0 Å². The van der Waals surface area contributed by atoms with Crippen molar-refractivity contribution in [3.63, 3.8) is 0 Å². The molecule has 0 aliphatic heterocycles. The van der Waals surface area contributed by atoms with Gasteiger partial charge in [-0.25, -0.2) is 0 Å². The molecular weight excluding hydrogens is 789 g/mol. The maximum Gasteiger partial charge on any atom is 0.305 e. The van der Waals surface area contributed by atoms with Gasteiger partial charge in [-0.3, -0.25) is 4.79 Å². The van der Waals surface area contributed by atoms with E-state index in [2.05, 4.69) is 13.8 Å². The fraction of sp³-hybridized carbons (Fsp3) is 0.984. The Hall–Kier alpha value is -0.530. The minimum atomic E-state index is 0.0372. The molecule has 65 heavy (non-hydrogen) atoms. The van der Waals surface area contributed by atoms with Crippen molar-refractivity contribution >= 4 is 5.97 Å². The van der Waals surface area contributed by atoms with Gasteiger partial charge in [0.1, 0.15) is 0 Å². The predicted octanol–water partition coefficient (Wildman–Crippen LogP) is 23.6. The van der Waals surface area contributed by atoms with Gasteiger partial charge in [0.25, 0.3) is 0 Å². The number of hydrogen-bond acceptors (Lipinski definition) is 2. The molecule has 0 saturated carbocycles. The second kappa shape index (κ2) is 61.5. The Bertz CT molecular complexity index is 822. The number of hydrogen-bond donors (Lipinski definition) is 0. The summed E-state index contributed by atoms with van der Waals surface area (Å²) in [6.45, 7) is 5.25. The Morgan fingerprint density at radius 2 is 0.338 bits per heavy atom. The van der Waals surface area contributed by atoms with Crippen LogP contribution in [0.2, 0.25) is 0 Å². The summed E-state index contributed by atoms with van der Waals surface area (Å²) in [4.78, 5) is 12.1. The molecule has 0 unspecified atom stereocenters. The highest BCUT2D eigenvalue weighted by atomic mass is 16.5. The SMILES string of the molecule is CCCCCCCCCCCCCCCCCCCCCCCCCCCCCCCCOC(=O)CCCCCCCCCCCCCCCCCCCCCCCCCCCCCC. The van der Waals surface area contributed by atoms with E-state index in [1.807, 2.05) is 0 Å². The highest BCUT2D eigenvalue weighted by Gasteiger charge is 2.04. The van der Waals surface area contributed by atoms with Gasteiger partial charge in [0.2, 0.25) is 0 Å². The van der Waals surface area contributed by atoms with Gasteiger partial charge in [-0.1, -0.05) is 373 Å².